The van der Waals surface area contributed by atoms with Crippen LogP contribution < -0.4 is 14.8 Å². The minimum Gasteiger partial charge on any atom is -0.486 e. The molecular weight excluding hydrogens is 274 g/mol. The van der Waals surface area contributed by atoms with Crippen LogP contribution in [0.3, 0.4) is 0 Å². The number of ether oxygens (including phenoxy) is 2. The van der Waals surface area contributed by atoms with E-state index in [0.717, 1.165) is 0 Å². The third-order valence-electron chi connectivity index (χ3n) is 3.42. The number of carbonyl (C=O) groups excluding carboxylic acids is 1. The molecular formula is C15H19NO5. The van der Waals surface area contributed by atoms with Crippen molar-refractivity contribution in [3.05, 3.63) is 23.8 Å². The van der Waals surface area contributed by atoms with Gasteiger partial charge in [0.05, 0.1) is 0 Å². The number of nitrogens with one attached hydrogen (secondary N) is 1. The Balaban J connectivity index is 2.18. The molecule has 1 aliphatic rings. The molecule has 6 nitrogen and oxygen atoms in total. The second-order valence-electron chi connectivity index (χ2n) is 5.20. The second-order valence-corrected chi connectivity index (χ2v) is 5.20. The lowest BCUT2D eigenvalue weighted by Gasteiger charge is -2.26. The summed E-state index contributed by atoms with van der Waals surface area (Å²) in [5.74, 6) is -0.394. The normalized spacial score (nSPS) is 15.9. The van der Waals surface area contributed by atoms with Crippen molar-refractivity contribution in [2.24, 2.45) is 0 Å². The van der Waals surface area contributed by atoms with Gasteiger partial charge >= 0.3 is 5.97 Å². The molecule has 1 heterocycles. The number of amides is 1. The SMILES string of the molecule is CCC[C@](C)(NC(=O)c1ccc2c(c1)OCCO2)C(=O)O. The molecule has 0 aromatic heterocycles. The first-order valence-electron chi connectivity index (χ1n) is 6.92. The van der Waals surface area contributed by atoms with E-state index in [1.807, 2.05) is 6.92 Å². The van der Waals surface area contributed by atoms with Crippen molar-refractivity contribution >= 4 is 11.9 Å². The van der Waals surface area contributed by atoms with Gasteiger partial charge in [-0.2, -0.15) is 0 Å². The molecule has 0 saturated carbocycles. The van der Waals surface area contributed by atoms with Gasteiger partial charge in [-0.15, -0.1) is 0 Å². The first-order valence-corrected chi connectivity index (χ1v) is 6.92. The maximum atomic E-state index is 12.3. The zero-order valence-corrected chi connectivity index (χ0v) is 12.1. The Hall–Kier alpha value is -2.24. The van der Waals surface area contributed by atoms with Gasteiger partial charge < -0.3 is 19.9 Å². The van der Waals surface area contributed by atoms with Crippen LogP contribution in [-0.2, 0) is 4.79 Å². The fraction of sp³-hybridized carbons (Fsp3) is 0.467. The average molecular weight is 293 g/mol. The molecule has 0 radical (unpaired) electrons. The van der Waals surface area contributed by atoms with Crippen LogP contribution in [0.4, 0.5) is 0 Å². The molecule has 114 valence electrons. The molecule has 1 aromatic carbocycles. The first kappa shape index (κ1) is 15.2. The number of rotatable bonds is 5. The lowest BCUT2D eigenvalue weighted by atomic mass is 9.95. The van der Waals surface area contributed by atoms with Gasteiger partial charge in [0.15, 0.2) is 11.5 Å². The van der Waals surface area contributed by atoms with Crippen LogP contribution in [0, 0.1) is 0 Å². The zero-order chi connectivity index (χ0) is 15.5. The molecule has 0 spiro atoms. The zero-order valence-electron chi connectivity index (χ0n) is 12.1. The summed E-state index contributed by atoms with van der Waals surface area (Å²) in [7, 11) is 0. The Morgan fingerprint density at radius 3 is 2.57 bits per heavy atom. The maximum absolute atomic E-state index is 12.3. The van der Waals surface area contributed by atoms with Crippen LogP contribution in [0.2, 0.25) is 0 Å². The van der Waals surface area contributed by atoms with Crippen LogP contribution in [0.1, 0.15) is 37.0 Å². The molecule has 6 heteroatoms. The highest BCUT2D eigenvalue weighted by Gasteiger charge is 2.34. The molecule has 0 saturated heterocycles. The molecule has 2 rings (SSSR count). The second kappa shape index (κ2) is 6.03. The van der Waals surface area contributed by atoms with Gasteiger partial charge in [-0.1, -0.05) is 13.3 Å². The van der Waals surface area contributed by atoms with E-state index in [0.29, 0.717) is 43.1 Å². The Kier molecular flexibility index (Phi) is 4.35. The largest absolute Gasteiger partial charge is 0.486 e. The summed E-state index contributed by atoms with van der Waals surface area (Å²) in [5.41, 5.74) is -0.929. The number of aliphatic carboxylic acids is 1. The van der Waals surface area contributed by atoms with Crippen molar-refractivity contribution in [3.63, 3.8) is 0 Å². The Morgan fingerprint density at radius 1 is 1.29 bits per heavy atom. The average Bonchev–Trinajstić information content (AvgIpc) is 2.46. The van der Waals surface area contributed by atoms with E-state index in [9.17, 15) is 14.7 Å². The van der Waals surface area contributed by atoms with Gasteiger partial charge in [-0.3, -0.25) is 4.79 Å². The van der Waals surface area contributed by atoms with E-state index in [1.54, 1.807) is 18.2 Å². The summed E-state index contributed by atoms with van der Waals surface area (Å²) in [4.78, 5) is 23.6. The topological polar surface area (TPSA) is 84.9 Å². The van der Waals surface area contributed by atoms with Gasteiger partial charge in [0, 0.05) is 5.56 Å². The molecule has 1 atom stereocenters. The van der Waals surface area contributed by atoms with Crippen molar-refractivity contribution in [2.45, 2.75) is 32.2 Å². The molecule has 1 aromatic rings. The van der Waals surface area contributed by atoms with Crippen LogP contribution in [0.25, 0.3) is 0 Å². The predicted octanol–water partition coefficient (Wildman–Crippen LogP) is 1.83. The van der Waals surface area contributed by atoms with Crippen molar-refractivity contribution < 1.29 is 24.2 Å². The standard InChI is InChI=1S/C15H19NO5/c1-3-6-15(2,14(18)19)16-13(17)10-4-5-11-12(9-10)21-8-7-20-11/h4-5,9H,3,6-8H2,1-2H3,(H,16,17)(H,18,19)/t15-/m0/s1. The minimum absolute atomic E-state index is 0.350. The van der Waals surface area contributed by atoms with E-state index in [4.69, 9.17) is 9.47 Å². The molecule has 0 aliphatic carbocycles. The number of fused-ring (bicyclic) bond motifs is 1. The highest BCUT2D eigenvalue weighted by Crippen LogP contribution is 2.30. The fourth-order valence-corrected chi connectivity index (χ4v) is 2.23. The molecule has 0 fully saturated rings. The summed E-state index contributed by atoms with van der Waals surface area (Å²) < 4.78 is 10.8. The van der Waals surface area contributed by atoms with Crippen molar-refractivity contribution in [1.82, 2.24) is 5.32 Å². The smallest absolute Gasteiger partial charge is 0.329 e. The molecule has 2 N–H and O–H groups in total. The third kappa shape index (κ3) is 3.26. The number of hydrogen-bond acceptors (Lipinski definition) is 4. The fourth-order valence-electron chi connectivity index (χ4n) is 2.23. The Bertz CT molecular complexity index is 557. The summed E-state index contributed by atoms with van der Waals surface area (Å²) in [6.45, 7) is 4.29. The van der Waals surface area contributed by atoms with E-state index >= 15 is 0 Å². The first-order chi connectivity index (χ1) is 9.96. The van der Waals surface area contributed by atoms with E-state index in [-0.39, 0.29) is 0 Å². The Morgan fingerprint density at radius 2 is 1.95 bits per heavy atom. The van der Waals surface area contributed by atoms with Gasteiger partial charge in [0.2, 0.25) is 0 Å². The van der Waals surface area contributed by atoms with Gasteiger partial charge in [-0.05, 0) is 31.5 Å². The molecule has 21 heavy (non-hydrogen) atoms. The van der Waals surface area contributed by atoms with Gasteiger partial charge in [-0.25, -0.2) is 4.79 Å². The molecule has 1 amide bonds. The van der Waals surface area contributed by atoms with Gasteiger partial charge in [0.25, 0.3) is 5.91 Å². The number of hydrogen-bond donors (Lipinski definition) is 2. The lowest BCUT2D eigenvalue weighted by molar-refractivity contribution is -0.144. The summed E-state index contributed by atoms with van der Waals surface area (Å²) >= 11 is 0. The van der Waals surface area contributed by atoms with Crippen LogP contribution in [0.5, 0.6) is 11.5 Å². The Labute approximate surface area is 123 Å². The molecule has 0 bridgehead atoms. The molecule has 1 aliphatic heterocycles. The maximum Gasteiger partial charge on any atom is 0.329 e. The van der Waals surface area contributed by atoms with E-state index in [2.05, 4.69) is 5.32 Å². The third-order valence-corrected chi connectivity index (χ3v) is 3.42. The van der Waals surface area contributed by atoms with Crippen molar-refractivity contribution in [1.29, 1.82) is 0 Å². The van der Waals surface area contributed by atoms with E-state index in [1.165, 1.54) is 6.92 Å². The van der Waals surface area contributed by atoms with Crippen molar-refractivity contribution in [2.75, 3.05) is 13.2 Å². The number of benzene rings is 1. The summed E-state index contributed by atoms with van der Waals surface area (Å²) in [6.07, 6.45) is 1.02. The highest BCUT2D eigenvalue weighted by atomic mass is 16.6. The quantitative estimate of drug-likeness (QED) is 0.865. The number of carbonyl (C=O) groups is 2. The number of carboxylic acids is 1. The highest BCUT2D eigenvalue weighted by molar-refractivity contribution is 5.98. The predicted molar refractivity (Wildman–Crippen MR) is 75.8 cm³/mol. The number of carboxylic acid groups (broad SMARTS) is 1. The van der Waals surface area contributed by atoms with Crippen LogP contribution in [0.15, 0.2) is 18.2 Å². The minimum atomic E-state index is -1.28. The summed E-state index contributed by atoms with van der Waals surface area (Å²) in [5, 5.41) is 11.9. The van der Waals surface area contributed by atoms with Gasteiger partial charge in [0.1, 0.15) is 18.8 Å². The van der Waals surface area contributed by atoms with E-state index < -0.39 is 17.4 Å². The van der Waals surface area contributed by atoms with Crippen LogP contribution >= 0.6 is 0 Å². The van der Waals surface area contributed by atoms with Crippen molar-refractivity contribution in [3.8, 4) is 11.5 Å². The monoisotopic (exact) mass is 293 g/mol. The summed E-state index contributed by atoms with van der Waals surface area (Å²) in [6, 6.07) is 4.82. The lowest BCUT2D eigenvalue weighted by Crippen LogP contribution is -2.52. The van der Waals surface area contributed by atoms with Crippen LogP contribution in [-0.4, -0.2) is 35.7 Å². The molecule has 0 unspecified atom stereocenters.